The summed E-state index contributed by atoms with van der Waals surface area (Å²) < 4.78 is 0. The van der Waals surface area contributed by atoms with Crippen LogP contribution in [0.4, 0.5) is 0 Å². The molecule has 1 N–H and O–H groups in total. The van der Waals surface area contributed by atoms with E-state index >= 15 is 0 Å². The summed E-state index contributed by atoms with van der Waals surface area (Å²) in [5, 5.41) is 3.51. The zero-order chi connectivity index (χ0) is 11.1. The van der Waals surface area contributed by atoms with Gasteiger partial charge in [-0.1, -0.05) is 19.3 Å². The number of hydrogen-bond acceptors (Lipinski definition) is 2. The van der Waals surface area contributed by atoms with Gasteiger partial charge in [0.2, 0.25) is 0 Å². The van der Waals surface area contributed by atoms with E-state index in [-0.39, 0.29) is 0 Å². The maximum Gasteiger partial charge on any atom is 0.0150 e. The van der Waals surface area contributed by atoms with Gasteiger partial charge >= 0.3 is 0 Å². The third-order valence-electron chi connectivity index (χ3n) is 3.89. The van der Waals surface area contributed by atoms with Gasteiger partial charge in [0.25, 0.3) is 0 Å². The normalized spacial score (nSPS) is 32.2. The fourth-order valence-corrected chi connectivity index (χ4v) is 2.46. The van der Waals surface area contributed by atoms with Crippen molar-refractivity contribution in [3.05, 3.63) is 0 Å². The monoisotopic (exact) mass is 212 g/mol. The summed E-state index contributed by atoms with van der Waals surface area (Å²) in [6, 6.07) is 0. The third kappa shape index (κ3) is 4.98. The van der Waals surface area contributed by atoms with E-state index in [1.807, 2.05) is 0 Å². The summed E-state index contributed by atoms with van der Waals surface area (Å²) in [4.78, 5) is 2.49. The van der Waals surface area contributed by atoms with Crippen LogP contribution in [-0.4, -0.2) is 37.6 Å². The quantitative estimate of drug-likeness (QED) is 0.719. The Balaban J connectivity index is 2.40. The van der Waals surface area contributed by atoms with Gasteiger partial charge in [-0.3, -0.25) is 0 Å². The topological polar surface area (TPSA) is 15.3 Å². The standard InChI is InChI=1S/C13H28N2/c1-13(14-2)9-5-4-7-11-15(3)12-8-6-10-13/h14H,4-12H2,1-3H3. The van der Waals surface area contributed by atoms with E-state index in [1.54, 1.807) is 0 Å². The molecule has 1 rings (SSSR count). The Kier molecular flexibility index (Phi) is 5.62. The summed E-state index contributed by atoms with van der Waals surface area (Å²) in [6.07, 6.45) is 9.53. The fraction of sp³-hybridized carbons (Fsp3) is 1.00. The summed E-state index contributed by atoms with van der Waals surface area (Å²) in [5.74, 6) is 0. The molecule has 1 fully saturated rings. The molecule has 1 aliphatic heterocycles. The second-order valence-electron chi connectivity index (χ2n) is 5.38. The number of nitrogens with one attached hydrogen (secondary N) is 1. The molecule has 0 bridgehead atoms. The molecule has 0 aromatic carbocycles. The molecule has 0 radical (unpaired) electrons. The third-order valence-corrected chi connectivity index (χ3v) is 3.89. The lowest BCUT2D eigenvalue weighted by molar-refractivity contribution is 0.303. The molecule has 15 heavy (non-hydrogen) atoms. The molecule has 0 saturated carbocycles. The van der Waals surface area contributed by atoms with E-state index in [0.29, 0.717) is 5.54 Å². The first kappa shape index (κ1) is 13.0. The molecule has 1 saturated heterocycles. The van der Waals surface area contributed by atoms with Gasteiger partial charge in [0.05, 0.1) is 0 Å². The molecule has 90 valence electrons. The van der Waals surface area contributed by atoms with E-state index in [9.17, 15) is 0 Å². The van der Waals surface area contributed by atoms with E-state index in [0.717, 1.165) is 0 Å². The van der Waals surface area contributed by atoms with Crippen LogP contribution in [-0.2, 0) is 0 Å². The van der Waals surface area contributed by atoms with Crippen LogP contribution in [0.2, 0.25) is 0 Å². The summed E-state index contributed by atoms with van der Waals surface area (Å²) in [5.41, 5.74) is 0.392. The molecular formula is C13H28N2. The Bertz CT molecular complexity index is 170. The molecule has 1 unspecified atom stereocenters. The average molecular weight is 212 g/mol. The Morgan fingerprint density at radius 3 is 2.07 bits per heavy atom. The van der Waals surface area contributed by atoms with Crippen molar-refractivity contribution in [2.75, 3.05) is 27.2 Å². The van der Waals surface area contributed by atoms with Crippen molar-refractivity contribution in [3.8, 4) is 0 Å². The lowest BCUT2D eigenvalue weighted by atomic mass is 9.89. The molecule has 0 spiro atoms. The van der Waals surface area contributed by atoms with Gasteiger partial charge in [-0.2, -0.15) is 0 Å². The second kappa shape index (κ2) is 6.49. The highest BCUT2D eigenvalue weighted by Gasteiger charge is 2.20. The molecule has 1 atom stereocenters. The molecule has 0 aliphatic carbocycles. The van der Waals surface area contributed by atoms with Crippen molar-refractivity contribution in [2.24, 2.45) is 0 Å². The van der Waals surface area contributed by atoms with Crippen LogP contribution in [0.1, 0.15) is 51.9 Å². The fourth-order valence-electron chi connectivity index (χ4n) is 2.46. The molecule has 1 aliphatic rings. The first-order valence-corrected chi connectivity index (χ1v) is 6.54. The molecular weight excluding hydrogens is 184 g/mol. The minimum atomic E-state index is 0.392. The van der Waals surface area contributed by atoms with Crippen molar-refractivity contribution in [3.63, 3.8) is 0 Å². The zero-order valence-electron chi connectivity index (χ0n) is 10.8. The van der Waals surface area contributed by atoms with Gasteiger partial charge in [0, 0.05) is 5.54 Å². The van der Waals surface area contributed by atoms with E-state index in [4.69, 9.17) is 0 Å². The van der Waals surface area contributed by atoms with Crippen LogP contribution in [0, 0.1) is 0 Å². The van der Waals surface area contributed by atoms with Crippen LogP contribution in [0.3, 0.4) is 0 Å². The minimum absolute atomic E-state index is 0.392. The summed E-state index contributed by atoms with van der Waals surface area (Å²) in [6.45, 7) is 4.95. The zero-order valence-corrected chi connectivity index (χ0v) is 10.8. The number of hydrogen-bond donors (Lipinski definition) is 1. The maximum absolute atomic E-state index is 3.51. The number of rotatable bonds is 1. The molecule has 0 amide bonds. The Labute approximate surface area is 95.4 Å². The van der Waals surface area contributed by atoms with Gasteiger partial charge in [0.15, 0.2) is 0 Å². The lowest BCUT2D eigenvalue weighted by Gasteiger charge is -2.29. The molecule has 1 heterocycles. The van der Waals surface area contributed by atoms with E-state index in [2.05, 4.69) is 31.2 Å². The Morgan fingerprint density at radius 2 is 1.47 bits per heavy atom. The van der Waals surface area contributed by atoms with Gasteiger partial charge in [-0.15, -0.1) is 0 Å². The predicted octanol–water partition coefficient (Wildman–Crippen LogP) is 2.64. The van der Waals surface area contributed by atoms with Gasteiger partial charge in [-0.05, 0) is 59.8 Å². The smallest absolute Gasteiger partial charge is 0.0150 e. The molecule has 0 aromatic rings. The summed E-state index contributed by atoms with van der Waals surface area (Å²) in [7, 11) is 4.38. The van der Waals surface area contributed by atoms with E-state index in [1.165, 1.54) is 58.0 Å². The summed E-state index contributed by atoms with van der Waals surface area (Å²) >= 11 is 0. The van der Waals surface area contributed by atoms with Crippen LogP contribution >= 0.6 is 0 Å². The van der Waals surface area contributed by atoms with Gasteiger partial charge in [-0.25, -0.2) is 0 Å². The van der Waals surface area contributed by atoms with Crippen LogP contribution in [0.15, 0.2) is 0 Å². The van der Waals surface area contributed by atoms with Crippen molar-refractivity contribution in [1.29, 1.82) is 0 Å². The molecule has 2 nitrogen and oxygen atoms in total. The highest BCUT2D eigenvalue weighted by atomic mass is 15.1. The SMILES string of the molecule is CNC1(C)CCCCCN(C)CCCC1. The largest absolute Gasteiger partial charge is 0.315 e. The molecule has 0 aromatic heterocycles. The first-order valence-electron chi connectivity index (χ1n) is 6.54. The Morgan fingerprint density at radius 1 is 0.933 bits per heavy atom. The maximum atomic E-state index is 3.51. The van der Waals surface area contributed by atoms with Crippen molar-refractivity contribution < 1.29 is 0 Å². The van der Waals surface area contributed by atoms with Gasteiger partial charge < -0.3 is 10.2 Å². The second-order valence-corrected chi connectivity index (χ2v) is 5.38. The highest BCUT2D eigenvalue weighted by Crippen LogP contribution is 2.22. The minimum Gasteiger partial charge on any atom is -0.315 e. The van der Waals surface area contributed by atoms with Crippen molar-refractivity contribution in [2.45, 2.75) is 57.4 Å². The van der Waals surface area contributed by atoms with Crippen molar-refractivity contribution in [1.82, 2.24) is 10.2 Å². The Hall–Kier alpha value is -0.0800. The van der Waals surface area contributed by atoms with Crippen LogP contribution in [0.25, 0.3) is 0 Å². The lowest BCUT2D eigenvalue weighted by Crippen LogP contribution is -2.39. The average Bonchev–Trinajstić information content (AvgIpc) is 2.26. The highest BCUT2D eigenvalue weighted by molar-refractivity contribution is 4.81. The van der Waals surface area contributed by atoms with Crippen LogP contribution < -0.4 is 5.32 Å². The van der Waals surface area contributed by atoms with Crippen molar-refractivity contribution >= 4 is 0 Å². The van der Waals surface area contributed by atoms with E-state index < -0.39 is 0 Å². The number of nitrogens with zero attached hydrogens (tertiary/aromatic N) is 1. The predicted molar refractivity (Wildman–Crippen MR) is 67.3 cm³/mol. The first-order chi connectivity index (χ1) is 7.16. The van der Waals surface area contributed by atoms with Gasteiger partial charge in [0.1, 0.15) is 0 Å². The van der Waals surface area contributed by atoms with Crippen LogP contribution in [0.5, 0.6) is 0 Å². The molecule has 2 heteroatoms.